The predicted molar refractivity (Wildman–Crippen MR) is 118 cm³/mol. The Bertz CT molecular complexity index is 1250. The number of amides is 1. The Hall–Kier alpha value is -3.77. The molecule has 142 valence electrons. The summed E-state index contributed by atoms with van der Waals surface area (Å²) in [5.74, 6) is -0.297. The molecule has 1 amide bonds. The Morgan fingerprint density at radius 1 is 0.828 bits per heavy atom. The van der Waals surface area contributed by atoms with E-state index in [1.54, 1.807) is 36.4 Å². The molecule has 0 saturated heterocycles. The number of anilines is 1. The fourth-order valence-electron chi connectivity index (χ4n) is 2.93. The smallest absolute Gasteiger partial charge is 0.336 e. The van der Waals surface area contributed by atoms with Gasteiger partial charge in [0.25, 0.3) is 5.91 Å². The largest absolute Gasteiger partial charge is 0.423 e. The summed E-state index contributed by atoms with van der Waals surface area (Å²) in [5, 5.41) is 6.57. The maximum atomic E-state index is 12.5. The Labute approximate surface area is 172 Å². The zero-order chi connectivity index (χ0) is 20.2. The van der Waals surface area contributed by atoms with E-state index in [2.05, 4.69) is 10.6 Å². The minimum atomic E-state index is -0.403. The van der Waals surface area contributed by atoms with Gasteiger partial charge in [0, 0.05) is 22.7 Å². The summed E-state index contributed by atoms with van der Waals surface area (Å²) in [4.78, 5) is 23.7. The van der Waals surface area contributed by atoms with Crippen molar-refractivity contribution in [1.29, 1.82) is 0 Å². The summed E-state index contributed by atoms with van der Waals surface area (Å²) in [7, 11) is 0. The van der Waals surface area contributed by atoms with Crippen molar-refractivity contribution in [2.45, 2.75) is 0 Å². The molecule has 0 fully saturated rings. The van der Waals surface area contributed by atoms with Gasteiger partial charge < -0.3 is 9.73 Å². The number of carbonyl (C=O) groups is 1. The molecule has 0 atom stereocenters. The Kier molecular flexibility index (Phi) is 5.18. The molecule has 4 rings (SSSR count). The molecule has 0 aliphatic rings. The van der Waals surface area contributed by atoms with Gasteiger partial charge >= 0.3 is 5.63 Å². The number of hydrogen-bond acceptors (Lipinski definition) is 4. The van der Waals surface area contributed by atoms with Crippen molar-refractivity contribution in [2.75, 3.05) is 5.32 Å². The number of rotatable bonds is 3. The van der Waals surface area contributed by atoms with Crippen LogP contribution >= 0.6 is 12.2 Å². The van der Waals surface area contributed by atoms with Crippen LogP contribution in [-0.4, -0.2) is 11.0 Å². The highest BCUT2D eigenvalue weighted by atomic mass is 32.1. The molecule has 0 saturated carbocycles. The van der Waals surface area contributed by atoms with Gasteiger partial charge in [-0.3, -0.25) is 10.1 Å². The van der Waals surface area contributed by atoms with E-state index >= 15 is 0 Å². The van der Waals surface area contributed by atoms with Crippen LogP contribution in [0.15, 0.2) is 94.1 Å². The second-order valence-corrected chi connectivity index (χ2v) is 6.77. The zero-order valence-corrected chi connectivity index (χ0v) is 16.0. The van der Waals surface area contributed by atoms with Gasteiger partial charge in [0.05, 0.1) is 0 Å². The van der Waals surface area contributed by atoms with Crippen molar-refractivity contribution in [3.8, 4) is 11.1 Å². The second-order valence-electron chi connectivity index (χ2n) is 6.36. The highest BCUT2D eigenvalue weighted by Crippen LogP contribution is 2.20. The minimum absolute atomic E-state index is 0.180. The van der Waals surface area contributed by atoms with Crippen LogP contribution in [0.25, 0.3) is 22.1 Å². The lowest BCUT2D eigenvalue weighted by Crippen LogP contribution is -2.34. The van der Waals surface area contributed by atoms with Crippen LogP contribution in [0.2, 0.25) is 0 Å². The quantitative estimate of drug-likeness (QED) is 0.389. The third kappa shape index (κ3) is 4.39. The maximum absolute atomic E-state index is 12.5. The van der Waals surface area contributed by atoms with Crippen LogP contribution in [0.4, 0.5) is 5.69 Å². The van der Waals surface area contributed by atoms with Crippen molar-refractivity contribution in [3.63, 3.8) is 0 Å². The fourth-order valence-corrected chi connectivity index (χ4v) is 3.14. The van der Waals surface area contributed by atoms with Crippen molar-refractivity contribution in [3.05, 3.63) is 101 Å². The number of fused-ring (bicyclic) bond motifs is 1. The van der Waals surface area contributed by atoms with Gasteiger partial charge in [-0.25, -0.2) is 4.79 Å². The molecule has 0 aliphatic carbocycles. The van der Waals surface area contributed by atoms with Gasteiger partial charge in [-0.2, -0.15) is 0 Å². The van der Waals surface area contributed by atoms with Gasteiger partial charge in [-0.05, 0) is 59.7 Å². The number of thiocarbonyl (C=S) groups is 1. The first-order valence-electron chi connectivity index (χ1n) is 8.90. The minimum Gasteiger partial charge on any atom is -0.423 e. The van der Waals surface area contributed by atoms with E-state index in [1.807, 2.05) is 42.5 Å². The van der Waals surface area contributed by atoms with E-state index in [0.29, 0.717) is 16.8 Å². The van der Waals surface area contributed by atoms with Crippen LogP contribution in [-0.2, 0) is 0 Å². The lowest BCUT2D eigenvalue weighted by molar-refractivity contribution is 0.0978. The van der Waals surface area contributed by atoms with Crippen molar-refractivity contribution in [2.24, 2.45) is 0 Å². The Morgan fingerprint density at radius 2 is 1.55 bits per heavy atom. The Balaban J connectivity index is 1.42. The third-order valence-corrected chi connectivity index (χ3v) is 4.56. The Morgan fingerprint density at radius 3 is 2.31 bits per heavy atom. The summed E-state index contributed by atoms with van der Waals surface area (Å²) in [5.41, 5.74) is 3.38. The monoisotopic (exact) mass is 400 g/mol. The molecule has 1 aromatic heterocycles. The lowest BCUT2D eigenvalue weighted by atomic mass is 10.0. The molecular formula is C23H16N2O3S. The topological polar surface area (TPSA) is 71.3 Å². The van der Waals surface area contributed by atoms with Crippen LogP contribution in [0, 0.1) is 0 Å². The summed E-state index contributed by atoms with van der Waals surface area (Å²) < 4.78 is 5.10. The molecule has 29 heavy (non-hydrogen) atoms. The first kappa shape index (κ1) is 18.6. The molecule has 1 heterocycles. The van der Waals surface area contributed by atoms with E-state index in [9.17, 15) is 9.59 Å². The van der Waals surface area contributed by atoms with Crippen molar-refractivity contribution < 1.29 is 9.21 Å². The van der Waals surface area contributed by atoms with Crippen LogP contribution in [0.1, 0.15) is 10.4 Å². The molecule has 6 heteroatoms. The highest BCUT2D eigenvalue weighted by Gasteiger charge is 2.09. The normalized spacial score (nSPS) is 10.5. The first-order valence-corrected chi connectivity index (χ1v) is 9.31. The van der Waals surface area contributed by atoms with E-state index < -0.39 is 5.63 Å². The summed E-state index contributed by atoms with van der Waals surface area (Å²) >= 11 is 5.24. The molecule has 0 bridgehead atoms. The number of nitrogens with one attached hydrogen (secondary N) is 2. The molecule has 0 spiro atoms. The second kappa shape index (κ2) is 8.08. The molecule has 0 unspecified atom stereocenters. The molecule has 2 N–H and O–H groups in total. The summed E-state index contributed by atoms with van der Waals surface area (Å²) in [6, 6.07) is 25.5. The van der Waals surface area contributed by atoms with E-state index in [0.717, 1.165) is 16.5 Å². The van der Waals surface area contributed by atoms with Crippen LogP contribution in [0.3, 0.4) is 0 Å². The third-order valence-electron chi connectivity index (χ3n) is 4.36. The van der Waals surface area contributed by atoms with Gasteiger partial charge in [0.2, 0.25) is 0 Å². The van der Waals surface area contributed by atoms with Gasteiger partial charge in [0.1, 0.15) is 5.58 Å². The average Bonchev–Trinajstić information content (AvgIpc) is 2.74. The molecule has 3 aromatic carbocycles. The van der Waals surface area contributed by atoms with Gasteiger partial charge in [-0.1, -0.05) is 42.5 Å². The molecular weight excluding hydrogens is 384 g/mol. The SMILES string of the molecule is O=C(NC(=S)Nc1ccc2oc(=O)ccc2c1)c1ccc(-c2ccccc2)cc1. The van der Waals surface area contributed by atoms with Crippen LogP contribution < -0.4 is 16.3 Å². The molecule has 0 aliphatic heterocycles. The van der Waals surface area contributed by atoms with Gasteiger partial charge in [0.15, 0.2) is 5.11 Å². The first-order chi connectivity index (χ1) is 14.1. The standard InChI is InChI=1S/C23H16N2O3S/c26-21-13-10-18-14-19(11-12-20(18)28-21)24-23(29)25-22(27)17-8-6-16(7-9-17)15-4-2-1-3-5-15/h1-14H,(H2,24,25,27,29). The number of hydrogen-bond donors (Lipinski definition) is 2. The zero-order valence-electron chi connectivity index (χ0n) is 15.2. The average molecular weight is 400 g/mol. The van der Waals surface area contributed by atoms with E-state index in [4.69, 9.17) is 16.6 Å². The van der Waals surface area contributed by atoms with Crippen molar-refractivity contribution >= 4 is 39.9 Å². The lowest BCUT2D eigenvalue weighted by Gasteiger charge is -2.10. The van der Waals surface area contributed by atoms with Gasteiger partial charge in [-0.15, -0.1) is 0 Å². The van der Waals surface area contributed by atoms with Crippen molar-refractivity contribution in [1.82, 2.24) is 5.32 Å². The number of carbonyl (C=O) groups excluding carboxylic acids is 1. The molecule has 4 aromatic rings. The maximum Gasteiger partial charge on any atom is 0.336 e. The van der Waals surface area contributed by atoms with E-state index in [1.165, 1.54) is 6.07 Å². The summed E-state index contributed by atoms with van der Waals surface area (Å²) in [6.07, 6.45) is 0. The summed E-state index contributed by atoms with van der Waals surface area (Å²) in [6.45, 7) is 0. The van der Waals surface area contributed by atoms with Crippen LogP contribution in [0.5, 0.6) is 0 Å². The molecule has 5 nitrogen and oxygen atoms in total. The predicted octanol–water partition coefficient (Wildman–Crippen LogP) is 4.59. The number of benzene rings is 3. The van der Waals surface area contributed by atoms with E-state index in [-0.39, 0.29) is 11.0 Å². The fraction of sp³-hybridized carbons (Fsp3) is 0. The highest BCUT2D eigenvalue weighted by molar-refractivity contribution is 7.80. The molecule has 0 radical (unpaired) electrons.